The fraction of sp³-hybridized carbons (Fsp3) is 0.462. The first-order valence-electron chi connectivity index (χ1n) is 6.09. The van der Waals surface area contributed by atoms with Gasteiger partial charge in [-0.3, -0.25) is 10.1 Å². The third kappa shape index (κ3) is 2.66. The van der Waals surface area contributed by atoms with Crippen molar-refractivity contribution in [3.05, 3.63) is 33.9 Å². The first-order chi connectivity index (χ1) is 8.94. The van der Waals surface area contributed by atoms with Crippen molar-refractivity contribution < 1.29 is 10.0 Å². The lowest BCUT2D eigenvalue weighted by atomic mass is 9.94. The fourth-order valence-corrected chi connectivity index (χ4v) is 2.49. The molecule has 0 spiro atoms. The van der Waals surface area contributed by atoms with Crippen molar-refractivity contribution in [2.24, 2.45) is 0 Å². The average Bonchev–Trinajstić information content (AvgIpc) is 2.36. The summed E-state index contributed by atoms with van der Waals surface area (Å²) >= 11 is 0. The predicted octanol–water partition coefficient (Wildman–Crippen LogP) is 1.82. The normalized spacial score (nSPS) is 22.9. The average molecular weight is 261 g/mol. The standard InChI is InChI=1S/C13H15N3O3/c1-13(17)6-3-7-15(9-13)11-5-2-4-10(8-14)12(11)16(18)19/h2,4-5,17H,3,6-7,9H2,1H3. The molecule has 1 unspecified atom stereocenters. The number of para-hydroxylation sites is 1. The van der Waals surface area contributed by atoms with Crippen LogP contribution in [0.1, 0.15) is 25.3 Å². The van der Waals surface area contributed by atoms with E-state index in [9.17, 15) is 15.2 Å². The summed E-state index contributed by atoms with van der Waals surface area (Å²) in [6.07, 6.45) is 1.44. The number of benzene rings is 1. The molecule has 0 aliphatic carbocycles. The zero-order valence-corrected chi connectivity index (χ0v) is 10.7. The Balaban J connectivity index is 2.45. The molecule has 0 bridgehead atoms. The molecule has 19 heavy (non-hydrogen) atoms. The monoisotopic (exact) mass is 261 g/mol. The van der Waals surface area contributed by atoms with Crippen LogP contribution in [0.3, 0.4) is 0 Å². The molecule has 1 saturated heterocycles. The van der Waals surface area contributed by atoms with Crippen LogP contribution in [0.5, 0.6) is 0 Å². The molecule has 6 nitrogen and oxygen atoms in total. The van der Waals surface area contributed by atoms with Crippen LogP contribution in [-0.4, -0.2) is 28.7 Å². The van der Waals surface area contributed by atoms with Gasteiger partial charge in [0, 0.05) is 13.1 Å². The largest absolute Gasteiger partial charge is 0.388 e. The van der Waals surface area contributed by atoms with Gasteiger partial charge in [-0.05, 0) is 31.9 Å². The van der Waals surface area contributed by atoms with Crippen molar-refractivity contribution in [2.45, 2.75) is 25.4 Å². The highest BCUT2D eigenvalue weighted by Crippen LogP contribution is 2.34. The van der Waals surface area contributed by atoms with E-state index in [2.05, 4.69) is 0 Å². The molecule has 0 saturated carbocycles. The van der Waals surface area contributed by atoms with Crippen LogP contribution < -0.4 is 4.90 Å². The van der Waals surface area contributed by atoms with Gasteiger partial charge in [-0.1, -0.05) is 6.07 Å². The summed E-state index contributed by atoms with van der Waals surface area (Å²) in [5, 5.41) is 30.2. The Morgan fingerprint density at radius 1 is 1.58 bits per heavy atom. The molecule has 0 amide bonds. The fourth-order valence-electron chi connectivity index (χ4n) is 2.49. The van der Waals surface area contributed by atoms with E-state index in [0.717, 1.165) is 6.42 Å². The van der Waals surface area contributed by atoms with Gasteiger partial charge in [-0.15, -0.1) is 0 Å². The van der Waals surface area contributed by atoms with Crippen molar-refractivity contribution >= 4 is 11.4 Å². The van der Waals surface area contributed by atoms with E-state index in [-0.39, 0.29) is 11.3 Å². The summed E-state index contributed by atoms with van der Waals surface area (Å²) in [7, 11) is 0. The van der Waals surface area contributed by atoms with Gasteiger partial charge in [-0.2, -0.15) is 5.26 Å². The maximum atomic E-state index is 11.2. The highest BCUT2D eigenvalue weighted by atomic mass is 16.6. The summed E-state index contributed by atoms with van der Waals surface area (Å²) < 4.78 is 0. The maximum Gasteiger partial charge on any atom is 0.310 e. The minimum absolute atomic E-state index is 0.0488. The molecule has 1 heterocycles. The number of nitro groups is 1. The van der Waals surface area contributed by atoms with Crippen LogP contribution >= 0.6 is 0 Å². The van der Waals surface area contributed by atoms with E-state index in [4.69, 9.17) is 5.26 Å². The van der Waals surface area contributed by atoms with Gasteiger partial charge in [-0.25, -0.2) is 0 Å². The number of hydrogen-bond donors (Lipinski definition) is 1. The van der Waals surface area contributed by atoms with Gasteiger partial charge >= 0.3 is 5.69 Å². The number of rotatable bonds is 2. The molecule has 0 aromatic heterocycles. The van der Waals surface area contributed by atoms with E-state index >= 15 is 0 Å². The number of β-amino-alcohol motifs (C(OH)–C–C–N with tert-alkyl or cyclic N) is 1. The molecule has 1 fully saturated rings. The van der Waals surface area contributed by atoms with Crippen molar-refractivity contribution in [3.63, 3.8) is 0 Å². The third-order valence-electron chi connectivity index (χ3n) is 3.33. The van der Waals surface area contributed by atoms with Gasteiger partial charge in [0.15, 0.2) is 0 Å². The van der Waals surface area contributed by atoms with Crippen molar-refractivity contribution in [3.8, 4) is 6.07 Å². The van der Waals surface area contributed by atoms with Crippen LogP contribution in [0.15, 0.2) is 18.2 Å². The first-order valence-corrected chi connectivity index (χ1v) is 6.09. The van der Waals surface area contributed by atoms with Gasteiger partial charge in [0.2, 0.25) is 0 Å². The van der Waals surface area contributed by atoms with Crippen LogP contribution in [-0.2, 0) is 0 Å². The van der Waals surface area contributed by atoms with Crippen LogP contribution in [0.4, 0.5) is 11.4 Å². The topological polar surface area (TPSA) is 90.4 Å². The molecule has 100 valence electrons. The number of piperidine rings is 1. The minimum atomic E-state index is -0.852. The summed E-state index contributed by atoms with van der Waals surface area (Å²) in [6.45, 7) is 2.70. The molecule has 1 atom stereocenters. The number of nitrogens with zero attached hydrogens (tertiary/aromatic N) is 3. The zero-order valence-electron chi connectivity index (χ0n) is 10.7. The number of anilines is 1. The quantitative estimate of drug-likeness (QED) is 0.647. The lowest BCUT2D eigenvalue weighted by Crippen LogP contribution is -2.46. The molecular weight excluding hydrogens is 246 g/mol. The lowest BCUT2D eigenvalue weighted by molar-refractivity contribution is -0.384. The van der Waals surface area contributed by atoms with Crippen molar-refractivity contribution in [2.75, 3.05) is 18.0 Å². The van der Waals surface area contributed by atoms with E-state index < -0.39 is 10.5 Å². The first kappa shape index (κ1) is 13.3. The molecule has 1 aromatic rings. The smallest absolute Gasteiger partial charge is 0.310 e. The van der Waals surface area contributed by atoms with Gasteiger partial charge in [0.05, 0.1) is 10.5 Å². The Kier molecular flexibility index (Phi) is 3.40. The van der Waals surface area contributed by atoms with Crippen LogP contribution in [0.25, 0.3) is 0 Å². The van der Waals surface area contributed by atoms with Crippen molar-refractivity contribution in [1.82, 2.24) is 0 Å². The van der Waals surface area contributed by atoms with Crippen LogP contribution in [0.2, 0.25) is 0 Å². The Morgan fingerprint density at radius 2 is 2.32 bits per heavy atom. The molecular formula is C13H15N3O3. The highest BCUT2D eigenvalue weighted by Gasteiger charge is 2.32. The number of nitro benzene ring substituents is 1. The molecule has 1 aliphatic heterocycles. The summed E-state index contributed by atoms with van der Waals surface area (Å²) in [5.74, 6) is 0. The number of hydrogen-bond acceptors (Lipinski definition) is 5. The summed E-state index contributed by atoms with van der Waals surface area (Å²) in [5.41, 5.74) is -0.575. The van der Waals surface area contributed by atoms with Crippen molar-refractivity contribution in [1.29, 1.82) is 5.26 Å². The minimum Gasteiger partial charge on any atom is -0.388 e. The third-order valence-corrected chi connectivity index (χ3v) is 3.33. The molecule has 2 rings (SSSR count). The van der Waals surface area contributed by atoms with Crippen LogP contribution in [0, 0.1) is 21.4 Å². The Bertz CT molecular complexity index is 549. The Morgan fingerprint density at radius 3 is 2.89 bits per heavy atom. The molecule has 1 aromatic carbocycles. The Hall–Kier alpha value is -2.13. The predicted molar refractivity (Wildman–Crippen MR) is 69.9 cm³/mol. The molecule has 1 aliphatic rings. The SMILES string of the molecule is CC1(O)CCCN(c2cccc(C#N)c2[N+](=O)[O-])C1. The summed E-state index contributed by atoms with van der Waals surface area (Å²) in [4.78, 5) is 12.4. The second-order valence-corrected chi connectivity index (χ2v) is 5.06. The molecule has 0 radical (unpaired) electrons. The highest BCUT2D eigenvalue weighted by molar-refractivity contribution is 5.70. The number of nitriles is 1. The van der Waals surface area contributed by atoms with Gasteiger partial charge in [0.1, 0.15) is 17.3 Å². The van der Waals surface area contributed by atoms with Gasteiger partial charge in [0.25, 0.3) is 0 Å². The second-order valence-electron chi connectivity index (χ2n) is 5.06. The van der Waals surface area contributed by atoms with E-state index in [1.807, 2.05) is 6.07 Å². The van der Waals surface area contributed by atoms with E-state index in [1.165, 1.54) is 6.07 Å². The number of aliphatic hydroxyl groups is 1. The molecule has 1 N–H and O–H groups in total. The van der Waals surface area contributed by atoms with E-state index in [0.29, 0.717) is 25.2 Å². The molecule has 6 heteroatoms. The Labute approximate surface area is 111 Å². The van der Waals surface area contributed by atoms with E-state index in [1.54, 1.807) is 24.0 Å². The maximum absolute atomic E-state index is 11.2. The zero-order chi connectivity index (χ0) is 14.0. The second kappa shape index (κ2) is 4.86. The lowest BCUT2D eigenvalue weighted by Gasteiger charge is -2.37. The van der Waals surface area contributed by atoms with Gasteiger partial charge < -0.3 is 10.0 Å². The summed E-state index contributed by atoms with van der Waals surface area (Å²) in [6, 6.07) is 6.54.